The number of aryl methyl sites for hydroxylation is 1. The van der Waals surface area contributed by atoms with Crippen LogP contribution in [0.5, 0.6) is 0 Å². The summed E-state index contributed by atoms with van der Waals surface area (Å²) in [6.07, 6.45) is -0.103. The third kappa shape index (κ3) is 2.73. The first kappa shape index (κ1) is 15.4. The Kier molecular flexibility index (Phi) is 4.48. The van der Waals surface area contributed by atoms with E-state index in [4.69, 9.17) is 4.74 Å². The summed E-state index contributed by atoms with van der Waals surface area (Å²) in [7, 11) is -1.83. The Morgan fingerprint density at radius 3 is 2.85 bits per heavy atom. The monoisotopic (exact) mass is 302 g/mol. The first-order valence-electron chi connectivity index (χ1n) is 6.69. The molecule has 2 rings (SSSR count). The third-order valence-electron chi connectivity index (χ3n) is 3.49. The van der Waals surface area contributed by atoms with E-state index in [9.17, 15) is 8.42 Å². The summed E-state index contributed by atoms with van der Waals surface area (Å²) in [5, 5.41) is 9.87. The molecule has 1 fully saturated rings. The van der Waals surface area contributed by atoms with Crippen LogP contribution in [0.4, 0.5) is 0 Å². The lowest BCUT2D eigenvalue weighted by atomic mass is 10.2. The van der Waals surface area contributed by atoms with E-state index in [-0.39, 0.29) is 17.2 Å². The van der Waals surface area contributed by atoms with Crippen LogP contribution in [-0.4, -0.2) is 55.3 Å². The number of rotatable bonds is 4. The second-order valence-electron chi connectivity index (χ2n) is 5.23. The number of ether oxygens (including phenoxy) is 1. The first-order chi connectivity index (χ1) is 9.37. The van der Waals surface area contributed by atoms with Gasteiger partial charge >= 0.3 is 0 Å². The molecule has 0 amide bonds. The van der Waals surface area contributed by atoms with Gasteiger partial charge < -0.3 is 10.1 Å². The molecule has 8 heteroatoms. The number of sulfonamides is 1. The van der Waals surface area contributed by atoms with E-state index in [1.54, 1.807) is 7.05 Å². The van der Waals surface area contributed by atoms with Crippen LogP contribution in [0.1, 0.15) is 25.1 Å². The number of nitrogens with zero attached hydrogens (tertiary/aromatic N) is 2. The molecular weight excluding hydrogens is 280 g/mol. The van der Waals surface area contributed by atoms with E-state index in [2.05, 4.69) is 15.5 Å². The molecule has 2 N–H and O–H groups in total. The summed E-state index contributed by atoms with van der Waals surface area (Å²) in [5.41, 5.74) is 1.46. The van der Waals surface area contributed by atoms with Crippen molar-refractivity contribution in [1.29, 1.82) is 0 Å². The Labute approximate surface area is 119 Å². The van der Waals surface area contributed by atoms with Crippen LogP contribution in [0.2, 0.25) is 0 Å². The Morgan fingerprint density at radius 2 is 2.20 bits per heavy atom. The molecule has 20 heavy (non-hydrogen) atoms. The molecule has 0 saturated carbocycles. The fraction of sp³-hybridized carbons (Fsp3) is 0.750. The van der Waals surface area contributed by atoms with E-state index in [1.165, 1.54) is 4.31 Å². The average molecular weight is 302 g/mol. The molecule has 1 aliphatic rings. The van der Waals surface area contributed by atoms with Crippen molar-refractivity contribution >= 4 is 10.0 Å². The molecule has 1 aromatic rings. The minimum absolute atomic E-state index is 0.103. The standard InChI is InChI=1S/C12H22N4O3S/c1-8-7-19-9(2)6-16(8)20(17,18)12-11(5-13-4)10(3)14-15-12/h8-9,13H,5-7H2,1-4H3,(H,14,15). The number of H-pyrrole nitrogens is 1. The van der Waals surface area contributed by atoms with Gasteiger partial charge in [0.2, 0.25) is 0 Å². The van der Waals surface area contributed by atoms with E-state index >= 15 is 0 Å². The van der Waals surface area contributed by atoms with Crippen LogP contribution in [0, 0.1) is 6.92 Å². The minimum atomic E-state index is -3.61. The minimum Gasteiger partial charge on any atom is -0.375 e. The van der Waals surface area contributed by atoms with Gasteiger partial charge in [0.15, 0.2) is 5.03 Å². The fourth-order valence-corrected chi connectivity index (χ4v) is 4.21. The lowest BCUT2D eigenvalue weighted by Gasteiger charge is -2.35. The molecule has 0 bridgehead atoms. The first-order valence-corrected chi connectivity index (χ1v) is 8.13. The maximum Gasteiger partial charge on any atom is 0.263 e. The molecule has 0 aliphatic carbocycles. The molecule has 0 aromatic carbocycles. The van der Waals surface area contributed by atoms with Gasteiger partial charge in [0.1, 0.15) is 0 Å². The molecule has 2 heterocycles. The Balaban J connectivity index is 2.39. The van der Waals surface area contributed by atoms with Crippen molar-refractivity contribution in [3.63, 3.8) is 0 Å². The van der Waals surface area contributed by atoms with Gasteiger partial charge in [-0.25, -0.2) is 8.42 Å². The zero-order valence-electron chi connectivity index (χ0n) is 12.3. The number of hydrogen-bond donors (Lipinski definition) is 2. The number of nitrogens with one attached hydrogen (secondary N) is 2. The Bertz CT molecular complexity index is 569. The molecule has 0 radical (unpaired) electrons. The molecule has 114 valence electrons. The van der Waals surface area contributed by atoms with Crippen LogP contribution in [0.3, 0.4) is 0 Å². The Hall–Kier alpha value is -0.960. The largest absolute Gasteiger partial charge is 0.375 e. The Morgan fingerprint density at radius 1 is 1.50 bits per heavy atom. The van der Waals surface area contributed by atoms with Crippen molar-refractivity contribution in [2.75, 3.05) is 20.2 Å². The molecule has 1 aliphatic heterocycles. The number of morpholine rings is 1. The summed E-state index contributed by atoms with van der Waals surface area (Å²) in [5.74, 6) is 0. The maximum absolute atomic E-state index is 12.8. The van der Waals surface area contributed by atoms with Gasteiger partial charge in [-0.1, -0.05) is 0 Å². The van der Waals surface area contributed by atoms with Crippen molar-refractivity contribution in [3.8, 4) is 0 Å². The number of aromatic nitrogens is 2. The fourth-order valence-electron chi connectivity index (χ4n) is 2.35. The molecule has 7 nitrogen and oxygen atoms in total. The van der Waals surface area contributed by atoms with Gasteiger partial charge in [-0.05, 0) is 27.8 Å². The zero-order valence-corrected chi connectivity index (χ0v) is 13.1. The maximum atomic E-state index is 12.8. The van der Waals surface area contributed by atoms with Crippen molar-refractivity contribution in [2.24, 2.45) is 0 Å². The van der Waals surface area contributed by atoms with E-state index in [0.29, 0.717) is 25.3 Å². The SMILES string of the molecule is CNCc1c(S(=O)(=O)N2CC(C)OCC2C)n[nH]c1C. The van der Waals surface area contributed by atoms with Gasteiger partial charge in [-0.15, -0.1) is 0 Å². The molecule has 2 atom stereocenters. The zero-order chi connectivity index (χ0) is 14.9. The highest BCUT2D eigenvalue weighted by atomic mass is 32.2. The van der Waals surface area contributed by atoms with Crippen LogP contribution < -0.4 is 5.32 Å². The van der Waals surface area contributed by atoms with Crippen LogP contribution in [-0.2, 0) is 21.3 Å². The summed E-state index contributed by atoms with van der Waals surface area (Å²) in [4.78, 5) is 0. The summed E-state index contributed by atoms with van der Waals surface area (Å²) in [6.45, 7) is 6.77. The summed E-state index contributed by atoms with van der Waals surface area (Å²) in [6, 6.07) is -0.185. The quantitative estimate of drug-likeness (QED) is 0.831. The van der Waals surface area contributed by atoms with Crippen LogP contribution >= 0.6 is 0 Å². The average Bonchev–Trinajstić information content (AvgIpc) is 2.75. The van der Waals surface area contributed by atoms with Crippen molar-refractivity contribution < 1.29 is 13.2 Å². The predicted octanol–water partition coefficient (Wildman–Crippen LogP) is 0.235. The van der Waals surface area contributed by atoms with Crippen molar-refractivity contribution in [1.82, 2.24) is 19.8 Å². The second kappa shape index (κ2) is 5.80. The van der Waals surface area contributed by atoms with Crippen LogP contribution in [0.15, 0.2) is 5.03 Å². The summed E-state index contributed by atoms with van der Waals surface area (Å²) >= 11 is 0. The van der Waals surface area contributed by atoms with Gasteiger partial charge in [0.25, 0.3) is 10.0 Å². The number of hydrogen-bond acceptors (Lipinski definition) is 5. The van der Waals surface area contributed by atoms with Gasteiger partial charge in [-0.3, -0.25) is 5.10 Å². The highest BCUT2D eigenvalue weighted by molar-refractivity contribution is 7.89. The lowest BCUT2D eigenvalue weighted by molar-refractivity contribution is -0.0171. The molecule has 2 unspecified atom stereocenters. The van der Waals surface area contributed by atoms with E-state index in [1.807, 2.05) is 20.8 Å². The predicted molar refractivity (Wildman–Crippen MR) is 74.9 cm³/mol. The highest BCUT2D eigenvalue weighted by Gasteiger charge is 2.37. The summed E-state index contributed by atoms with van der Waals surface area (Å²) < 4.78 is 32.6. The van der Waals surface area contributed by atoms with Gasteiger partial charge in [-0.2, -0.15) is 9.40 Å². The van der Waals surface area contributed by atoms with Gasteiger partial charge in [0.05, 0.1) is 12.7 Å². The lowest BCUT2D eigenvalue weighted by Crippen LogP contribution is -2.50. The van der Waals surface area contributed by atoms with Gasteiger partial charge in [0, 0.05) is 30.4 Å². The molecule has 1 saturated heterocycles. The van der Waals surface area contributed by atoms with Crippen LogP contribution in [0.25, 0.3) is 0 Å². The molecule has 1 aromatic heterocycles. The topological polar surface area (TPSA) is 87.3 Å². The third-order valence-corrected chi connectivity index (χ3v) is 5.45. The molecular formula is C12H22N4O3S. The van der Waals surface area contributed by atoms with E-state index < -0.39 is 10.0 Å². The van der Waals surface area contributed by atoms with Crippen molar-refractivity contribution in [2.45, 2.75) is 44.5 Å². The molecule has 0 spiro atoms. The smallest absolute Gasteiger partial charge is 0.263 e. The highest BCUT2D eigenvalue weighted by Crippen LogP contribution is 2.24. The van der Waals surface area contributed by atoms with Crippen molar-refractivity contribution in [3.05, 3.63) is 11.3 Å². The normalized spacial score (nSPS) is 25.0. The number of aromatic amines is 1. The second-order valence-corrected chi connectivity index (χ2v) is 7.04. The van der Waals surface area contributed by atoms with E-state index in [0.717, 1.165) is 5.69 Å².